The molecule has 0 saturated heterocycles. The summed E-state index contributed by atoms with van der Waals surface area (Å²) in [6, 6.07) is 6.59. The monoisotopic (exact) mass is 303 g/mol. The van der Waals surface area contributed by atoms with E-state index in [1.54, 1.807) is 0 Å². The highest BCUT2D eigenvalue weighted by Crippen LogP contribution is 2.37. The van der Waals surface area contributed by atoms with Gasteiger partial charge in [0, 0.05) is 5.92 Å². The molecule has 0 fully saturated rings. The lowest BCUT2D eigenvalue weighted by atomic mass is 9.77. The maximum atomic E-state index is 13.2. The number of hydrogen-bond acceptors (Lipinski definition) is 0. The Labute approximate surface area is 138 Å². The van der Waals surface area contributed by atoms with E-state index in [4.69, 9.17) is 0 Å². The number of rotatable bonds is 10. The van der Waals surface area contributed by atoms with Crippen molar-refractivity contribution in [2.45, 2.75) is 97.5 Å². The van der Waals surface area contributed by atoms with Crippen molar-refractivity contribution in [2.75, 3.05) is 0 Å². The Hall–Kier alpha value is -0.820. The minimum Gasteiger partial charge on any atom is -0.229 e. The second-order valence-electron chi connectivity index (χ2n) is 7.16. The third-order valence-corrected chi connectivity index (χ3v) is 5.02. The zero-order valence-corrected chi connectivity index (χ0v) is 15.4. The van der Waals surface area contributed by atoms with Crippen molar-refractivity contribution in [3.8, 4) is 0 Å². The topological polar surface area (TPSA) is 19.9 Å². The molecule has 2 unspecified atom stereocenters. The van der Waals surface area contributed by atoms with Crippen molar-refractivity contribution in [1.29, 1.82) is 0 Å². The molecule has 0 saturated carbocycles. The Bertz CT molecular complexity index is 434. The summed E-state index contributed by atoms with van der Waals surface area (Å²) in [7, 11) is 0. The first-order valence-corrected chi connectivity index (χ1v) is 9.20. The quantitative estimate of drug-likeness (QED) is 0.427. The van der Waals surface area contributed by atoms with Crippen molar-refractivity contribution in [3.63, 3.8) is 0 Å². The van der Waals surface area contributed by atoms with Gasteiger partial charge in [0.2, 0.25) is 0 Å². The summed E-state index contributed by atoms with van der Waals surface area (Å²) in [5.41, 5.74) is 3.02. The van der Waals surface area contributed by atoms with Crippen LogP contribution in [-0.4, -0.2) is 5.60 Å². The van der Waals surface area contributed by atoms with E-state index in [2.05, 4.69) is 45.9 Å². The van der Waals surface area contributed by atoms with E-state index in [1.807, 2.05) is 6.92 Å². The Morgan fingerprint density at radius 3 is 2.23 bits per heavy atom. The second-order valence-corrected chi connectivity index (χ2v) is 7.16. The van der Waals surface area contributed by atoms with E-state index in [0.29, 0.717) is 0 Å². The zero-order valence-electron chi connectivity index (χ0n) is 15.4. The van der Waals surface area contributed by atoms with Crippen LogP contribution in [0.2, 0.25) is 0 Å². The predicted octanol–water partition coefficient (Wildman–Crippen LogP) is 6.74. The summed E-state index contributed by atoms with van der Waals surface area (Å²) in [5, 5.41) is 13.2. The summed E-state index contributed by atoms with van der Waals surface area (Å²) in [6.45, 7) is 10.6. The molecule has 0 N–H and O–H groups in total. The lowest BCUT2D eigenvalue weighted by Gasteiger charge is -2.32. The van der Waals surface area contributed by atoms with Crippen molar-refractivity contribution in [3.05, 3.63) is 34.9 Å². The lowest BCUT2D eigenvalue weighted by Crippen LogP contribution is -2.31. The van der Waals surface area contributed by atoms with Gasteiger partial charge in [0.05, 0.1) is 0 Å². The van der Waals surface area contributed by atoms with Crippen molar-refractivity contribution >= 4 is 0 Å². The van der Waals surface area contributed by atoms with Gasteiger partial charge in [0.1, 0.15) is 5.60 Å². The molecule has 1 aromatic rings. The van der Waals surface area contributed by atoms with Crippen molar-refractivity contribution in [1.82, 2.24) is 0 Å². The number of benzene rings is 1. The molecule has 1 nitrogen and oxygen atoms in total. The highest BCUT2D eigenvalue weighted by Gasteiger charge is 2.34. The van der Waals surface area contributed by atoms with Crippen LogP contribution in [0.5, 0.6) is 0 Å². The Morgan fingerprint density at radius 1 is 0.955 bits per heavy atom. The molecule has 0 aliphatic carbocycles. The Kier molecular flexibility index (Phi) is 8.17. The molecule has 1 heteroatoms. The van der Waals surface area contributed by atoms with Gasteiger partial charge in [-0.3, -0.25) is 0 Å². The standard InChI is InChI=1S/C21H35O/c1-6-8-9-10-11-15-21(5,22)20(12-7-2)19-14-13-17(3)18(4)16-19/h13-14,16,20H,6-12,15H2,1-5H3. The van der Waals surface area contributed by atoms with Crippen LogP contribution in [0.3, 0.4) is 0 Å². The van der Waals surface area contributed by atoms with Gasteiger partial charge in [-0.2, -0.15) is 0 Å². The summed E-state index contributed by atoms with van der Waals surface area (Å²) in [6.07, 6.45) is 8.98. The zero-order chi connectivity index (χ0) is 16.6. The van der Waals surface area contributed by atoms with Gasteiger partial charge in [0.15, 0.2) is 0 Å². The predicted molar refractivity (Wildman–Crippen MR) is 96.0 cm³/mol. The fourth-order valence-corrected chi connectivity index (χ4v) is 3.35. The average molecular weight is 304 g/mol. The van der Waals surface area contributed by atoms with Crippen LogP contribution < -0.4 is 0 Å². The van der Waals surface area contributed by atoms with Gasteiger partial charge < -0.3 is 0 Å². The SMILES string of the molecule is CCCCCCCC(C)([O])C(CCC)c1ccc(C)c(C)c1. The first-order chi connectivity index (χ1) is 10.4. The van der Waals surface area contributed by atoms with Gasteiger partial charge in [-0.15, -0.1) is 0 Å². The van der Waals surface area contributed by atoms with Crippen LogP contribution in [-0.2, 0) is 5.11 Å². The number of unbranched alkanes of at least 4 members (excludes halogenated alkanes) is 4. The molecule has 1 aromatic carbocycles. The lowest BCUT2D eigenvalue weighted by molar-refractivity contribution is -0.0479. The van der Waals surface area contributed by atoms with Crippen molar-refractivity contribution < 1.29 is 5.11 Å². The molecular weight excluding hydrogens is 268 g/mol. The molecule has 0 bridgehead atoms. The van der Waals surface area contributed by atoms with E-state index < -0.39 is 5.60 Å². The molecule has 1 radical (unpaired) electrons. The van der Waals surface area contributed by atoms with Gasteiger partial charge >= 0.3 is 0 Å². The van der Waals surface area contributed by atoms with E-state index >= 15 is 0 Å². The fraction of sp³-hybridized carbons (Fsp3) is 0.714. The molecule has 0 spiro atoms. The number of aryl methyl sites for hydroxylation is 2. The fourth-order valence-electron chi connectivity index (χ4n) is 3.35. The summed E-state index contributed by atoms with van der Waals surface area (Å²) >= 11 is 0. The molecular formula is C21H35O. The van der Waals surface area contributed by atoms with E-state index in [-0.39, 0.29) is 5.92 Å². The van der Waals surface area contributed by atoms with Gasteiger partial charge in [-0.25, -0.2) is 5.11 Å². The molecule has 22 heavy (non-hydrogen) atoms. The number of hydrogen-bond donors (Lipinski definition) is 0. The van der Waals surface area contributed by atoms with Crippen LogP contribution in [0.1, 0.15) is 94.7 Å². The third-order valence-electron chi connectivity index (χ3n) is 5.02. The minimum atomic E-state index is -0.843. The first-order valence-electron chi connectivity index (χ1n) is 9.20. The molecule has 0 aliphatic rings. The van der Waals surface area contributed by atoms with Crippen molar-refractivity contribution in [2.24, 2.45) is 0 Å². The molecule has 1 rings (SSSR count). The van der Waals surface area contributed by atoms with E-state index in [0.717, 1.165) is 25.7 Å². The van der Waals surface area contributed by atoms with E-state index in [9.17, 15) is 5.11 Å². The van der Waals surface area contributed by atoms with Gasteiger partial charge in [-0.1, -0.05) is 70.6 Å². The Balaban J connectivity index is 2.76. The summed E-state index contributed by atoms with van der Waals surface area (Å²) in [5.74, 6) is 0.142. The third kappa shape index (κ3) is 5.76. The molecule has 0 aromatic heterocycles. The largest absolute Gasteiger partial charge is 0.229 e. The highest BCUT2D eigenvalue weighted by atomic mass is 16.3. The molecule has 2 atom stereocenters. The Morgan fingerprint density at radius 2 is 1.64 bits per heavy atom. The molecule has 0 heterocycles. The van der Waals surface area contributed by atoms with E-state index in [1.165, 1.54) is 42.4 Å². The van der Waals surface area contributed by atoms with Crippen LogP contribution >= 0.6 is 0 Å². The maximum absolute atomic E-state index is 13.2. The minimum absolute atomic E-state index is 0.142. The van der Waals surface area contributed by atoms with Crippen LogP contribution in [0.15, 0.2) is 18.2 Å². The van der Waals surface area contributed by atoms with Crippen LogP contribution in [0, 0.1) is 13.8 Å². The van der Waals surface area contributed by atoms with Crippen LogP contribution in [0.4, 0.5) is 0 Å². The summed E-state index contributed by atoms with van der Waals surface area (Å²) in [4.78, 5) is 0. The molecule has 125 valence electrons. The van der Waals surface area contributed by atoms with Gasteiger partial charge in [0.25, 0.3) is 0 Å². The smallest absolute Gasteiger partial charge is 0.108 e. The maximum Gasteiger partial charge on any atom is 0.108 e. The average Bonchev–Trinajstić information content (AvgIpc) is 2.47. The van der Waals surface area contributed by atoms with Gasteiger partial charge in [-0.05, 0) is 50.3 Å². The normalized spacial score (nSPS) is 15.5. The molecule has 0 amide bonds. The highest BCUT2D eigenvalue weighted by molar-refractivity contribution is 5.33. The molecule has 0 aliphatic heterocycles. The summed E-state index contributed by atoms with van der Waals surface area (Å²) < 4.78 is 0. The first kappa shape index (κ1) is 19.2. The van der Waals surface area contributed by atoms with Crippen LogP contribution in [0.25, 0.3) is 0 Å². The second kappa shape index (κ2) is 9.35.